The zero-order chi connectivity index (χ0) is 16.9. The number of esters is 1. The van der Waals surface area contributed by atoms with Crippen LogP contribution < -0.4 is 5.32 Å². The van der Waals surface area contributed by atoms with E-state index in [1.54, 1.807) is 12.0 Å². The highest BCUT2D eigenvalue weighted by Crippen LogP contribution is 2.02. The molecule has 0 unspecified atom stereocenters. The van der Waals surface area contributed by atoms with Gasteiger partial charge in [-0.3, -0.25) is 4.79 Å². The van der Waals surface area contributed by atoms with Crippen LogP contribution in [0.4, 0.5) is 4.79 Å². The molecule has 23 heavy (non-hydrogen) atoms. The molecule has 1 aromatic carbocycles. The Morgan fingerprint density at radius 2 is 1.87 bits per heavy atom. The van der Waals surface area contributed by atoms with Gasteiger partial charge in [0, 0.05) is 33.2 Å². The first-order chi connectivity index (χ1) is 11.2. The van der Waals surface area contributed by atoms with Gasteiger partial charge in [0.1, 0.15) is 0 Å². The number of carbonyl (C=O) groups is 2. The zero-order valence-corrected chi connectivity index (χ0v) is 13.9. The van der Waals surface area contributed by atoms with E-state index in [2.05, 4.69) is 10.1 Å². The number of hydrogen-bond donors (Lipinski definition) is 1. The molecular formula is C17H26N2O4. The lowest BCUT2D eigenvalue weighted by Gasteiger charge is -2.23. The molecule has 1 aromatic rings. The third-order valence-corrected chi connectivity index (χ3v) is 3.43. The van der Waals surface area contributed by atoms with Crippen molar-refractivity contribution in [1.29, 1.82) is 0 Å². The molecule has 0 aliphatic rings. The van der Waals surface area contributed by atoms with Gasteiger partial charge in [-0.25, -0.2) is 4.79 Å². The molecular weight excluding hydrogens is 296 g/mol. The Kier molecular flexibility index (Phi) is 9.47. The number of carbonyl (C=O) groups excluding carboxylic acids is 2. The van der Waals surface area contributed by atoms with Crippen LogP contribution in [-0.4, -0.2) is 57.4 Å². The van der Waals surface area contributed by atoms with Crippen LogP contribution in [0.15, 0.2) is 30.3 Å². The number of benzene rings is 1. The Bertz CT molecular complexity index is 465. The molecule has 2 amide bonds. The van der Waals surface area contributed by atoms with Crippen molar-refractivity contribution in [2.75, 3.05) is 40.5 Å². The second-order valence-electron chi connectivity index (χ2n) is 5.13. The Labute approximate surface area is 137 Å². The maximum absolute atomic E-state index is 12.2. The van der Waals surface area contributed by atoms with E-state index in [1.165, 1.54) is 12.7 Å². The maximum atomic E-state index is 12.2. The summed E-state index contributed by atoms with van der Waals surface area (Å²) in [5.74, 6) is -0.264. The van der Waals surface area contributed by atoms with Gasteiger partial charge in [-0.15, -0.1) is 0 Å². The van der Waals surface area contributed by atoms with Crippen molar-refractivity contribution < 1.29 is 19.1 Å². The Balaban J connectivity index is 2.39. The maximum Gasteiger partial charge on any atom is 0.317 e. The SMILES string of the molecule is COCCN(CCc1ccccc1)C(=O)NCCCC(=O)OC. The minimum Gasteiger partial charge on any atom is -0.469 e. The second-order valence-corrected chi connectivity index (χ2v) is 5.13. The number of rotatable bonds is 10. The van der Waals surface area contributed by atoms with Gasteiger partial charge < -0.3 is 19.7 Å². The largest absolute Gasteiger partial charge is 0.469 e. The number of nitrogens with one attached hydrogen (secondary N) is 1. The van der Waals surface area contributed by atoms with E-state index >= 15 is 0 Å². The van der Waals surface area contributed by atoms with E-state index in [4.69, 9.17) is 4.74 Å². The quantitative estimate of drug-likeness (QED) is 0.527. The van der Waals surface area contributed by atoms with Gasteiger partial charge in [0.2, 0.25) is 0 Å². The highest BCUT2D eigenvalue weighted by molar-refractivity contribution is 5.74. The third kappa shape index (κ3) is 8.21. The Hall–Kier alpha value is -2.08. The number of urea groups is 1. The topological polar surface area (TPSA) is 67.9 Å². The molecule has 0 fully saturated rings. The van der Waals surface area contributed by atoms with E-state index in [0.717, 1.165) is 6.42 Å². The molecule has 1 rings (SSSR count). The van der Waals surface area contributed by atoms with Crippen LogP contribution in [0, 0.1) is 0 Å². The predicted molar refractivity (Wildman–Crippen MR) is 88.2 cm³/mol. The standard InChI is InChI=1S/C17H26N2O4/c1-22-14-13-19(12-10-15-7-4-3-5-8-15)17(21)18-11-6-9-16(20)23-2/h3-5,7-8H,6,9-14H2,1-2H3,(H,18,21). The van der Waals surface area contributed by atoms with Crippen LogP contribution in [0.2, 0.25) is 0 Å². The molecule has 0 aliphatic heterocycles. The van der Waals surface area contributed by atoms with Crippen molar-refractivity contribution in [3.8, 4) is 0 Å². The molecule has 0 heterocycles. The number of ether oxygens (including phenoxy) is 2. The molecule has 0 radical (unpaired) electrons. The van der Waals surface area contributed by atoms with Gasteiger partial charge in [0.25, 0.3) is 0 Å². The molecule has 0 bridgehead atoms. The predicted octanol–water partition coefficient (Wildman–Crippen LogP) is 1.84. The summed E-state index contributed by atoms with van der Waals surface area (Å²) in [5.41, 5.74) is 1.19. The molecule has 1 N–H and O–H groups in total. The summed E-state index contributed by atoms with van der Waals surface area (Å²) >= 11 is 0. The van der Waals surface area contributed by atoms with Crippen molar-refractivity contribution in [3.63, 3.8) is 0 Å². The average molecular weight is 322 g/mol. The number of amides is 2. The number of hydrogen-bond acceptors (Lipinski definition) is 4. The smallest absolute Gasteiger partial charge is 0.317 e. The van der Waals surface area contributed by atoms with E-state index < -0.39 is 0 Å². The number of methoxy groups -OCH3 is 2. The fourth-order valence-corrected chi connectivity index (χ4v) is 2.07. The van der Waals surface area contributed by atoms with Crippen LogP contribution in [0.1, 0.15) is 18.4 Å². The first kappa shape index (κ1) is 19.0. The molecule has 6 heteroatoms. The molecule has 0 atom stereocenters. The summed E-state index contributed by atoms with van der Waals surface area (Å²) < 4.78 is 9.63. The average Bonchev–Trinajstić information content (AvgIpc) is 2.59. The van der Waals surface area contributed by atoms with Crippen molar-refractivity contribution >= 4 is 12.0 Å². The second kappa shape index (κ2) is 11.5. The first-order valence-corrected chi connectivity index (χ1v) is 7.79. The Morgan fingerprint density at radius 3 is 2.52 bits per heavy atom. The fraction of sp³-hybridized carbons (Fsp3) is 0.529. The van der Waals surface area contributed by atoms with E-state index in [9.17, 15) is 9.59 Å². The highest BCUT2D eigenvalue weighted by atomic mass is 16.5. The van der Waals surface area contributed by atoms with Crippen LogP contribution in [0.5, 0.6) is 0 Å². The van der Waals surface area contributed by atoms with Crippen LogP contribution in [0.25, 0.3) is 0 Å². The van der Waals surface area contributed by atoms with Gasteiger partial charge in [-0.1, -0.05) is 30.3 Å². The van der Waals surface area contributed by atoms with E-state index in [0.29, 0.717) is 39.1 Å². The highest BCUT2D eigenvalue weighted by Gasteiger charge is 2.12. The van der Waals surface area contributed by atoms with Gasteiger partial charge >= 0.3 is 12.0 Å². The molecule has 0 aromatic heterocycles. The molecule has 6 nitrogen and oxygen atoms in total. The molecule has 128 valence electrons. The normalized spacial score (nSPS) is 10.2. The summed E-state index contributed by atoms with van der Waals surface area (Å²) in [4.78, 5) is 25.0. The monoisotopic (exact) mass is 322 g/mol. The summed E-state index contributed by atoms with van der Waals surface area (Å²) in [7, 11) is 2.97. The van der Waals surface area contributed by atoms with Crippen molar-refractivity contribution in [3.05, 3.63) is 35.9 Å². The van der Waals surface area contributed by atoms with Crippen molar-refractivity contribution in [2.45, 2.75) is 19.3 Å². The minimum atomic E-state index is -0.264. The van der Waals surface area contributed by atoms with Crippen molar-refractivity contribution in [2.24, 2.45) is 0 Å². The van der Waals surface area contributed by atoms with Crippen LogP contribution in [-0.2, 0) is 20.7 Å². The van der Waals surface area contributed by atoms with Gasteiger partial charge in [0.15, 0.2) is 0 Å². The van der Waals surface area contributed by atoms with E-state index in [-0.39, 0.29) is 12.0 Å². The van der Waals surface area contributed by atoms with E-state index in [1.807, 2.05) is 30.3 Å². The molecule has 0 aliphatic carbocycles. The van der Waals surface area contributed by atoms with Crippen LogP contribution >= 0.6 is 0 Å². The lowest BCUT2D eigenvalue weighted by Crippen LogP contribution is -2.43. The Morgan fingerprint density at radius 1 is 1.13 bits per heavy atom. The first-order valence-electron chi connectivity index (χ1n) is 7.79. The van der Waals surface area contributed by atoms with Crippen molar-refractivity contribution in [1.82, 2.24) is 10.2 Å². The lowest BCUT2D eigenvalue weighted by atomic mass is 10.1. The fourth-order valence-electron chi connectivity index (χ4n) is 2.07. The molecule has 0 spiro atoms. The molecule has 0 saturated heterocycles. The summed E-state index contributed by atoms with van der Waals surface area (Å²) in [6, 6.07) is 9.90. The van der Waals surface area contributed by atoms with Gasteiger partial charge in [-0.05, 0) is 18.4 Å². The van der Waals surface area contributed by atoms with Gasteiger partial charge in [-0.2, -0.15) is 0 Å². The number of nitrogens with zero attached hydrogens (tertiary/aromatic N) is 1. The summed E-state index contributed by atoms with van der Waals surface area (Å²) in [6.07, 6.45) is 1.66. The minimum absolute atomic E-state index is 0.136. The zero-order valence-electron chi connectivity index (χ0n) is 13.9. The summed E-state index contributed by atoms with van der Waals surface area (Å²) in [6.45, 7) is 2.09. The molecule has 0 saturated carbocycles. The van der Waals surface area contributed by atoms with Gasteiger partial charge in [0.05, 0.1) is 13.7 Å². The third-order valence-electron chi connectivity index (χ3n) is 3.43. The van der Waals surface area contributed by atoms with Crippen LogP contribution in [0.3, 0.4) is 0 Å². The lowest BCUT2D eigenvalue weighted by molar-refractivity contribution is -0.140. The summed E-state index contributed by atoms with van der Waals surface area (Å²) in [5, 5.41) is 2.83.